The number of alkyl halides is 1. The first-order chi connectivity index (χ1) is 10.5. The lowest BCUT2D eigenvalue weighted by Gasteiger charge is -2.39. The monoisotopic (exact) mass is 403 g/mol. The number of anilines is 1. The van der Waals surface area contributed by atoms with Crippen molar-refractivity contribution in [3.63, 3.8) is 0 Å². The topological polar surface area (TPSA) is 47.6 Å². The molecule has 0 aliphatic carbocycles. The summed E-state index contributed by atoms with van der Waals surface area (Å²) in [5.74, 6) is -0.459. The van der Waals surface area contributed by atoms with Crippen LogP contribution in [0.25, 0.3) is 0 Å². The first-order valence-corrected chi connectivity index (χ1v) is 11.6. The van der Waals surface area contributed by atoms with Gasteiger partial charge in [0.1, 0.15) is 12.4 Å². The zero-order valence-electron chi connectivity index (χ0n) is 14.1. The highest BCUT2D eigenvalue weighted by Crippen LogP contribution is 2.41. The highest BCUT2D eigenvalue weighted by molar-refractivity contribution is 9.09. The number of benzene rings is 1. The lowest BCUT2D eigenvalue weighted by molar-refractivity contribution is 0.150. The number of hydrogen-bond donors (Lipinski definition) is 1. The van der Waals surface area contributed by atoms with Gasteiger partial charge in [0, 0.05) is 10.9 Å². The van der Waals surface area contributed by atoms with Gasteiger partial charge in [-0.2, -0.15) is 0 Å². The van der Waals surface area contributed by atoms with E-state index in [0.29, 0.717) is 10.9 Å². The van der Waals surface area contributed by atoms with Gasteiger partial charge in [0.05, 0.1) is 11.8 Å². The minimum absolute atomic E-state index is 0.0667. The molecule has 1 aliphatic rings. The van der Waals surface area contributed by atoms with Gasteiger partial charge in [0.15, 0.2) is 8.32 Å². The van der Waals surface area contributed by atoms with Gasteiger partial charge in [0.25, 0.3) is 0 Å². The Bertz CT molecular complexity index is 616. The van der Waals surface area contributed by atoms with Gasteiger partial charge in [-0.15, -0.1) is 0 Å². The van der Waals surface area contributed by atoms with E-state index in [2.05, 4.69) is 55.1 Å². The van der Waals surface area contributed by atoms with E-state index in [0.717, 1.165) is 5.56 Å². The molecule has 7 heteroatoms. The van der Waals surface area contributed by atoms with Crippen molar-refractivity contribution in [1.82, 2.24) is 0 Å². The quantitative estimate of drug-likeness (QED) is 0.544. The Morgan fingerprint density at radius 1 is 1.43 bits per heavy atom. The first-order valence-electron chi connectivity index (χ1n) is 7.55. The lowest BCUT2D eigenvalue weighted by atomic mass is 10.0. The van der Waals surface area contributed by atoms with Crippen molar-refractivity contribution in [3.8, 4) is 0 Å². The van der Waals surface area contributed by atoms with Gasteiger partial charge in [-0.1, -0.05) is 36.7 Å². The predicted molar refractivity (Wildman–Crippen MR) is 95.0 cm³/mol. The second-order valence-corrected chi connectivity index (χ2v) is 12.7. The van der Waals surface area contributed by atoms with E-state index in [1.807, 2.05) is 6.07 Å². The summed E-state index contributed by atoms with van der Waals surface area (Å²) in [7, 11) is -1.99. The third kappa shape index (κ3) is 3.95. The Kier molecular flexibility index (Phi) is 5.23. The van der Waals surface area contributed by atoms with E-state index in [1.54, 1.807) is 0 Å². The smallest absolute Gasteiger partial charge is 0.412 e. The molecular formula is C16H23BrFNO3Si. The summed E-state index contributed by atoms with van der Waals surface area (Å²) in [6, 6.07) is 3.28. The number of amides is 1. The van der Waals surface area contributed by atoms with Gasteiger partial charge in [-0.25, -0.2) is 9.18 Å². The molecule has 1 heterocycles. The van der Waals surface area contributed by atoms with Crippen molar-refractivity contribution in [2.24, 2.45) is 0 Å². The number of ether oxygens (including phenoxy) is 1. The molecule has 1 aromatic rings. The van der Waals surface area contributed by atoms with E-state index >= 15 is 0 Å². The third-order valence-electron chi connectivity index (χ3n) is 4.54. The van der Waals surface area contributed by atoms with Crippen molar-refractivity contribution >= 4 is 36.0 Å². The van der Waals surface area contributed by atoms with Crippen LogP contribution in [-0.4, -0.2) is 19.7 Å². The van der Waals surface area contributed by atoms with E-state index in [-0.39, 0.29) is 23.4 Å². The molecular weight excluding hydrogens is 381 g/mol. The maximum Gasteiger partial charge on any atom is 0.412 e. The Morgan fingerprint density at radius 2 is 2.09 bits per heavy atom. The molecule has 2 rings (SSSR count). The molecule has 0 radical (unpaired) electrons. The largest absolute Gasteiger partial charge is 0.444 e. The first kappa shape index (κ1) is 18.4. The molecule has 0 aromatic heterocycles. The second kappa shape index (κ2) is 6.53. The fourth-order valence-corrected chi connectivity index (χ4v) is 4.16. The van der Waals surface area contributed by atoms with Crippen LogP contribution in [0.3, 0.4) is 0 Å². The fourth-order valence-electron chi connectivity index (χ4n) is 2.13. The number of rotatable bonds is 4. The van der Waals surface area contributed by atoms with Crippen LogP contribution in [0.15, 0.2) is 12.1 Å². The molecule has 0 saturated carbocycles. The van der Waals surface area contributed by atoms with Crippen LogP contribution in [0.2, 0.25) is 18.1 Å². The molecule has 0 bridgehead atoms. The van der Waals surface area contributed by atoms with Gasteiger partial charge in [0.2, 0.25) is 0 Å². The van der Waals surface area contributed by atoms with E-state index in [9.17, 15) is 9.18 Å². The molecule has 0 fully saturated rings. The van der Waals surface area contributed by atoms with E-state index in [1.165, 1.54) is 6.07 Å². The van der Waals surface area contributed by atoms with Crippen LogP contribution in [0, 0.1) is 5.82 Å². The summed E-state index contributed by atoms with van der Waals surface area (Å²) in [5.41, 5.74) is 1.58. The number of fused-ring (bicyclic) bond motifs is 1. The van der Waals surface area contributed by atoms with Crippen LogP contribution >= 0.6 is 15.9 Å². The van der Waals surface area contributed by atoms with Gasteiger partial charge >= 0.3 is 6.09 Å². The molecule has 0 saturated heterocycles. The summed E-state index contributed by atoms with van der Waals surface area (Å²) in [6.45, 7) is 10.9. The predicted octanol–water partition coefficient (Wildman–Crippen LogP) is 5.35. The molecule has 128 valence electrons. The summed E-state index contributed by atoms with van der Waals surface area (Å²) in [4.78, 5) is 11.2. The lowest BCUT2D eigenvalue weighted by Crippen LogP contribution is -2.42. The molecule has 1 N–H and O–H groups in total. The van der Waals surface area contributed by atoms with Crippen molar-refractivity contribution in [2.45, 2.75) is 51.6 Å². The maximum absolute atomic E-state index is 14.3. The molecule has 1 amide bonds. The summed E-state index contributed by atoms with van der Waals surface area (Å²) in [6.07, 6.45) is -0.868. The SMILES string of the molecule is CC(C)(C)[Si](C)(C)OC(CBr)c1cc(F)c2c(c1)COC(=O)N2. The molecule has 1 aromatic carbocycles. The van der Waals surface area contributed by atoms with Crippen LogP contribution in [0.4, 0.5) is 14.9 Å². The Labute approximate surface area is 146 Å². The minimum atomic E-state index is -1.99. The van der Waals surface area contributed by atoms with Crippen molar-refractivity contribution in [1.29, 1.82) is 0 Å². The Hall–Kier alpha value is -0.923. The average molecular weight is 404 g/mol. The minimum Gasteiger partial charge on any atom is -0.444 e. The normalized spacial score (nSPS) is 16.4. The van der Waals surface area contributed by atoms with Crippen molar-refractivity contribution in [3.05, 3.63) is 29.1 Å². The third-order valence-corrected chi connectivity index (χ3v) is 9.61. The Balaban J connectivity index is 2.33. The Morgan fingerprint density at radius 3 is 2.65 bits per heavy atom. The number of cyclic esters (lactones) is 1. The fraction of sp³-hybridized carbons (Fsp3) is 0.562. The van der Waals surface area contributed by atoms with Gasteiger partial charge < -0.3 is 9.16 Å². The molecule has 1 aliphatic heterocycles. The van der Waals surface area contributed by atoms with Crippen LogP contribution in [0.1, 0.15) is 38.0 Å². The number of carbonyl (C=O) groups is 1. The van der Waals surface area contributed by atoms with Crippen LogP contribution in [0.5, 0.6) is 0 Å². The number of halogens is 2. The van der Waals surface area contributed by atoms with Gasteiger partial charge in [-0.3, -0.25) is 5.32 Å². The van der Waals surface area contributed by atoms with E-state index in [4.69, 9.17) is 9.16 Å². The number of hydrogen-bond acceptors (Lipinski definition) is 3. The zero-order chi connectivity index (χ0) is 17.4. The highest BCUT2D eigenvalue weighted by Gasteiger charge is 2.39. The highest BCUT2D eigenvalue weighted by atomic mass is 79.9. The van der Waals surface area contributed by atoms with Crippen molar-refractivity contribution < 1.29 is 18.3 Å². The molecule has 4 nitrogen and oxygen atoms in total. The summed E-state index contributed by atoms with van der Waals surface area (Å²) < 4.78 is 25.7. The maximum atomic E-state index is 14.3. The van der Waals surface area contributed by atoms with E-state index < -0.39 is 20.2 Å². The standard InChI is InChI=1S/C16H23BrFNO3Si/c1-16(2,3)23(4,5)22-13(8-17)10-6-11-9-21-15(20)19-14(11)12(18)7-10/h6-7,13H,8-9H2,1-5H3,(H,19,20). The second-order valence-electron chi connectivity index (χ2n) is 7.26. The van der Waals surface area contributed by atoms with Crippen LogP contribution in [-0.2, 0) is 15.8 Å². The number of carbonyl (C=O) groups excluding carboxylic acids is 1. The average Bonchev–Trinajstić information content (AvgIpc) is 2.44. The summed E-state index contributed by atoms with van der Waals surface area (Å²) in [5, 5.41) is 3.05. The zero-order valence-corrected chi connectivity index (χ0v) is 16.7. The molecule has 0 spiro atoms. The molecule has 1 unspecified atom stereocenters. The van der Waals surface area contributed by atoms with Crippen LogP contribution < -0.4 is 5.32 Å². The molecule has 1 atom stereocenters. The van der Waals surface area contributed by atoms with Gasteiger partial charge in [-0.05, 0) is 35.8 Å². The summed E-state index contributed by atoms with van der Waals surface area (Å²) >= 11 is 3.48. The number of nitrogens with one attached hydrogen (secondary N) is 1. The molecule has 23 heavy (non-hydrogen) atoms. The van der Waals surface area contributed by atoms with Crippen molar-refractivity contribution in [2.75, 3.05) is 10.6 Å².